The molecule has 0 spiro atoms. The normalized spacial score (nSPS) is 11.1. The van der Waals surface area contributed by atoms with Crippen LogP contribution in [0.3, 0.4) is 0 Å². The van der Waals surface area contributed by atoms with Crippen molar-refractivity contribution in [2.24, 2.45) is 0 Å². The molecule has 0 saturated heterocycles. The number of para-hydroxylation sites is 2. The number of likely N-dealkylation sites (N-methyl/N-ethyl adjacent to an activating group) is 1. The summed E-state index contributed by atoms with van der Waals surface area (Å²) in [7, 11) is 0. The zero-order valence-corrected chi connectivity index (χ0v) is 12.2. The van der Waals surface area contributed by atoms with Crippen molar-refractivity contribution in [2.75, 3.05) is 32.8 Å². The van der Waals surface area contributed by atoms with Crippen LogP contribution in [-0.4, -0.2) is 44.9 Å². The zero-order chi connectivity index (χ0) is 16.4. The van der Waals surface area contributed by atoms with Crippen molar-refractivity contribution in [1.29, 1.82) is 0 Å². The van der Waals surface area contributed by atoms with Crippen molar-refractivity contribution >= 4 is 5.91 Å². The number of halogens is 3. The van der Waals surface area contributed by atoms with E-state index in [0.717, 1.165) is 6.54 Å². The SMILES string of the molecule is CCNCCNC(=O)COc1ccccc1OCC(F)(F)F. The highest BCUT2D eigenvalue weighted by molar-refractivity contribution is 5.77. The Kier molecular flexibility index (Phi) is 7.51. The van der Waals surface area contributed by atoms with Crippen LogP contribution in [0.15, 0.2) is 24.3 Å². The highest BCUT2D eigenvalue weighted by Gasteiger charge is 2.28. The lowest BCUT2D eigenvalue weighted by Gasteiger charge is -2.13. The van der Waals surface area contributed by atoms with Crippen molar-refractivity contribution in [3.8, 4) is 11.5 Å². The quantitative estimate of drug-likeness (QED) is 0.681. The van der Waals surface area contributed by atoms with Gasteiger partial charge < -0.3 is 20.1 Å². The molecule has 0 aromatic heterocycles. The third-order valence-electron chi connectivity index (χ3n) is 2.47. The molecule has 0 saturated carbocycles. The standard InChI is InChI=1S/C14H19F3N2O3/c1-2-18-7-8-19-13(20)9-21-11-5-3-4-6-12(11)22-10-14(15,16)17/h3-6,18H,2,7-10H2,1H3,(H,19,20). The molecule has 0 radical (unpaired) electrons. The van der Waals surface area contributed by atoms with Crippen LogP contribution >= 0.6 is 0 Å². The largest absolute Gasteiger partial charge is 0.480 e. The van der Waals surface area contributed by atoms with Gasteiger partial charge in [0.05, 0.1) is 0 Å². The summed E-state index contributed by atoms with van der Waals surface area (Å²) in [5.41, 5.74) is 0. The molecule has 2 N–H and O–H groups in total. The van der Waals surface area contributed by atoms with E-state index >= 15 is 0 Å². The molecule has 1 aromatic carbocycles. The first-order valence-electron chi connectivity index (χ1n) is 6.81. The molecule has 1 aromatic rings. The Labute approximate surface area is 126 Å². The van der Waals surface area contributed by atoms with Crippen molar-refractivity contribution in [3.05, 3.63) is 24.3 Å². The lowest BCUT2D eigenvalue weighted by atomic mass is 10.3. The summed E-state index contributed by atoms with van der Waals surface area (Å²) in [5, 5.41) is 5.65. The van der Waals surface area contributed by atoms with Gasteiger partial charge in [0.1, 0.15) is 0 Å². The van der Waals surface area contributed by atoms with Crippen LogP contribution in [0.25, 0.3) is 0 Å². The van der Waals surface area contributed by atoms with Crippen LogP contribution in [-0.2, 0) is 4.79 Å². The van der Waals surface area contributed by atoms with Crippen molar-refractivity contribution in [3.63, 3.8) is 0 Å². The summed E-state index contributed by atoms with van der Waals surface area (Å²) in [5.74, 6) is -0.322. The van der Waals surface area contributed by atoms with Gasteiger partial charge in [-0.2, -0.15) is 13.2 Å². The molecule has 0 aliphatic carbocycles. The van der Waals surface area contributed by atoms with E-state index in [1.54, 1.807) is 6.07 Å². The summed E-state index contributed by atoms with van der Waals surface area (Å²) in [6.45, 7) is 2.12. The number of amides is 1. The predicted molar refractivity (Wildman–Crippen MR) is 75.0 cm³/mol. The number of rotatable bonds is 9. The number of carbonyl (C=O) groups excluding carboxylic acids is 1. The number of nitrogens with one attached hydrogen (secondary N) is 2. The van der Waals surface area contributed by atoms with Gasteiger partial charge in [-0.25, -0.2) is 0 Å². The minimum atomic E-state index is -4.43. The van der Waals surface area contributed by atoms with E-state index in [-0.39, 0.29) is 24.0 Å². The molecule has 8 heteroatoms. The lowest BCUT2D eigenvalue weighted by Crippen LogP contribution is -2.34. The second-order valence-corrected chi connectivity index (χ2v) is 4.34. The molecule has 0 bridgehead atoms. The first-order valence-corrected chi connectivity index (χ1v) is 6.81. The van der Waals surface area contributed by atoms with Gasteiger partial charge in [-0.15, -0.1) is 0 Å². The summed E-state index contributed by atoms with van der Waals surface area (Å²) in [6.07, 6.45) is -4.43. The van der Waals surface area contributed by atoms with Crippen molar-refractivity contribution < 1.29 is 27.4 Å². The fourth-order valence-electron chi connectivity index (χ4n) is 1.51. The predicted octanol–water partition coefficient (Wildman–Crippen LogP) is 1.73. The van der Waals surface area contributed by atoms with E-state index in [9.17, 15) is 18.0 Å². The van der Waals surface area contributed by atoms with E-state index in [1.165, 1.54) is 18.2 Å². The molecule has 0 atom stereocenters. The average molecular weight is 320 g/mol. The molecule has 1 rings (SSSR count). The topological polar surface area (TPSA) is 59.6 Å². The lowest BCUT2D eigenvalue weighted by molar-refractivity contribution is -0.153. The van der Waals surface area contributed by atoms with Crippen LogP contribution in [0.2, 0.25) is 0 Å². The minimum absolute atomic E-state index is 0.0553. The summed E-state index contributed by atoms with van der Waals surface area (Å²) in [6, 6.07) is 5.90. The smallest absolute Gasteiger partial charge is 0.422 e. The number of ether oxygens (including phenoxy) is 2. The molecule has 0 aliphatic rings. The molecular formula is C14H19F3N2O3. The molecule has 0 fully saturated rings. The molecular weight excluding hydrogens is 301 g/mol. The zero-order valence-electron chi connectivity index (χ0n) is 12.2. The first-order chi connectivity index (χ1) is 10.4. The van der Waals surface area contributed by atoms with E-state index in [0.29, 0.717) is 13.1 Å². The number of benzene rings is 1. The van der Waals surface area contributed by atoms with Gasteiger partial charge in [-0.05, 0) is 18.7 Å². The molecule has 22 heavy (non-hydrogen) atoms. The third kappa shape index (κ3) is 7.72. The van der Waals surface area contributed by atoms with Gasteiger partial charge in [0.2, 0.25) is 0 Å². The van der Waals surface area contributed by atoms with Crippen molar-refractivity contribution in [1.82, 2.24) is 10.6 Å². The monoisotopic (exact) mass is 320 g/mol. The molecule has 124 valence electrons. The number of hydrogen-bond donors (Lipinski definition) is 2. The summed E-state index contributed by atoms with van der Waals surface area (Å²) < 4.78 is 46.3. The van der Waals surface area contributed by atoms with E-state index in [2.05, 4.69) is 15.4 Å². The number of hydrogen-bond acceptors (Lipinski definition) is 4. The summed E-state index contributed by atoms with van der Waals surface area (Å²) in [4.78, 5) is 11.5. The number of carbonyl (C=O) groups is 1. The molecule has 0 heterocycles. The molecule has 5 nitrogen and oxygen atoms in total. The van der Waals surface area contributed by atoms with Crippen molar-refractivity contribution in [2.45, 2.75) is 13.1 Å². The van der Waals surface area contributed by atoms with Crippen LogP contribution in [0.4, 0.5) is 13.2 Å². The Balaban J connectivity index is 2.43. The minimum Gasteiger partial charge on any atom is -0.480 e. The second-order valence-electron chi connectivity index (χ2n) is 4.34. The van der Waals surface area contributed by atoms with Gasteiger partial charge in [-0.1, -0.05) is 19.1 Å². The Morgan fingerprint density at radius 1 is 1.14 bits per heavy atom. The van der Waals surface area contributed by atoms with E-state index < -0.39 is 12.8 Å². The Hall–Kier alpha value is -1.96. The fraction of sp³-hybridized carbons (Fsp3) is 0.500. The van der Waals surface area contributed by atoms with Gasteiger partial charge in [0.15, 0.2) is 24.7 Å². The molecule has 0 aliphatic heterocycles. The Bertz CT molecular complexity index is 467. The Morgan fingerprint density at radius 2 is 1.77 bits per heavy atom. The maximum atomic E-state index is 12.2. The van der Waals surface area contributed by atoms with E-state index in [1.807, 2.05) is 6.92 Å². The van der Waals surface area contributed by atoms with Gasteiger partial charge >= 0.3 is 6.18 Å². The van der Waals surface area contributed by atoms with Crippen LogP contribution < -0.4 is 20.1 Å². The molecule has 0 unspecified atom stereocenters. The Morgan fingerprint density at radius 3 is 2.36 bits per heavy atom. The number of alkyl halides is 3. The third-order valence-corrected chi connectivity index (χ3v) is 2.47. The summed E-state index contributed by atoms with van der Waals surface area (Å²) >= 11 is 0. The molecule has 1 amide bonds. The average Bonchev–Trinajstić information content (AvgIpc) is 2.47. The van der Waals surface area contributed by atoms with Crippen LogP contribution in [0, 0.1) is 0 Å². The van der Waals surface area contributed by atoms with Crippen LogP contribution in [0.1, 0.15) is 6.92 Å². The first kappa shape index (κ1) is 18.1. The van der Waals surface area contributed by atoms with Gasteiger partial charge in [0, 0.05) is 13.1 Å². The van der Waals surface area contributed by atoms with Gasteiger partial charge in [-0.3, -0.25) is 4.79 Å². The highest BCUT2D eigenvalue weighted by atomic mass is 19.4. The fourth-order valence-corrected chi connectivity index (χ4v) is 1.51. The van der Waals surface area contributed by atoms with E-state index in [4.69, 9.17) is 4.74 Å². The van der Waals surface area contributed by atoms with Gasteiger partial charge in [0.25, 0.3) is 5.91 Å². The maximum absolute atomic E-state index is 12.2. The maximum Gasteiger partial charge on any atom is 0.422 e. The highest BCUT2D eigenvalue weighted by Crippen LogP contribution is 2.28. The second kappa shape index (κ2) is 9.14. The van der Waals surface area contributed by atoms with Crippen LogP contribution in [0.5, 0.6) is 11.5 Å².